The molecule has 34 heavy (non-hydrogen) atoms. The number of hydrogen-bond acceptors (Lipinski definition) is 6. The van der Waals surface area contributed by atoms with Gasteiger partial charge in [-0.15, -0.1) is 0 Å². The van der Waals surface area contributed by atoms with E-state index >= 15 is 0 Å². The number of rotatable bonds is 2. The number of ether oxygens (including phenoxy) is 1. The summed E-state index contributed by atoms with van der Waals surface area (Å²) in [7, 11) is 0. The van der Waals surface area contributed by atoms with E-state index in [-0.39, 0.29) is 30.3 Å². The normalized spacial score (nSPS) is 17.8. The predicted molar refractivity (Wildman–Crippen MR) is 128 cm³/mol. The maximum atomic E-state index is 12.7. The van der Waals surface area contributed by atoms with E-state index in [4.69, 9.17) is 14.8 Å². The Balaban J connectivity index is 1.65. The summed E-state index contributed by atoms with van der Waals surface area (Å²) in [6.07, 6.45) is 0. The smallest absolute Gasteiger partial charge is 0.251 e. The number of hydrogen-bond donors (Lipinski definition) is 3. The highest BCUT2D eigenvalue weighted by atomic mass is 16.5. The zero-order valence-corrected chi connectivity index (χ0v) is 19.5. The van der Waals surface area contributed by atoms with Gasteiger partial charge in [-0.1, -0.05) is 50.2 Å². The van der Waals surface area contributed by atoms with Gasteiger partial charge in [0.1, 0.15) is 12.4 Å². The van der Waals surface area contributed by atoms with Gasteiger partial charge in [-0.25, -0.2) is 9.67 Å². The van der Waals surface area contributed by atoms with Gasteiger partial charge in [0.05, 0.1) is 19.1 Å². The van der Waals surface area contributed by atoms with E-state index < -0.39 is 0 Å². The Kier molecular flexibility index (Phi) is 7.54. The second-order valence-electron chi connectivity index (χ2n) is 8.48. The molecule has 1 aliphatic rings. The van der Waals surface area contributed by atoms with Crippen LogP contribution in [0.2, 0.25) is 0 Å². The number of nitrogens with one attached hydrogen (secondary N) is 3. The Morgan fingerprint density at radius 3 is 2.62 bits per heavy atom. The molecular formula is C25H30N6O3. The van der Waals surface area contributed by atoms with E-state index in [0.29, 0.717) is 49.2 Å². The van der Waals surface area contributed by atoms with Crippen LogP contribution in [0.1, 0.15) is 36.1 Å². The highest BCUT2D eigenvalue weighted by molar-refractivity contribution is 5.94. The molecule has 0 fully saturated rings. The molecule has 0 saturated carbocycles. The van der Waals surface area contributed by atoms with Crippen molar-refractivity contribution in [3.8, 4) is 17.1 Å². The first-order valence-corrected chi connectivity index (χ1v) is 11.5. The van der Waals surface area contributed by atoms with Crippen LogP contribution in [0.4, 0.5) is 0 Å². The van der Waals surface area contributed by atoms with Crippen molar-refractivity contribution in [2.45, 2.75) is 26.4 Å². The highest BCUT2D eigenvalue weighted by Gasteiger charge is 2.25. The molecule has 3 aromatic rings. The van der Waals surface area contributed by atoms with Crippen molar-refractivity contribution in [2.24, 2.45) is 5.92 Å². The minimum Gasteiger partial charge on any atom is -0.492 e. The Bertz CT molecular complexity index is 1130. The van der Waals surface area contributed by atoms with Crippen LogP contribution in [0, 0.1) is 5.92 Å². The van der Waals surface area contributed by atoms with E-state index in [2.05, 4.69) is 16.0 Å². The largest absolute Gasteiger partial charge is 0.492 e. The number of nitrogens with zero attached hydrogens (tertiary/aromatic N) is 3. The Hall–Kier alpha value is -3.72. The van der Waals surface area contributed by atoms with Crippen molar-refractivity contribution >= 4 is 11.8 Å². The summed E-state index contributed by atoms with van der Waals surface area (Å²) < 4.78 is 7.74. The molecule has 2 aromatic carbocycles. The molecular weight excluding hydrogens is 432 g/mol. The van der Waals surface area contributed by atoms with Crippen molar-refractivity contribution in [1.82, 2.24) is 30.7 Å². The molecule has 0 unspecified atom stereocenters. The van der Waals surface area contributed by atoms with E-state index in [9.17, 15) is 9.59 Å². The fraction of sp³-hybridized carbons (Fsp3) is 0.360. The summed E-state index contributed by atoms with van der Waals surface area (Å²) in [6.45, 7) is 5.85. The number of fused-ring (bicyclic) bond motifs is 3. The third kappa shape index (κ3) is 5.79. The van der Waals surface area contributed by atoms with Gasteiger partial charge in [0.2, 0.25) is 5.91 Å². The lowest BCUT2D eigenvalue weighted by Crippen LogP contribution is -2.41. The molecule has 2 heterocycles. The summed E-state index contributed by atoms with van der Waals surface area (Å²) in [6, 6.07) is 16.5. The number of carbonyl (C=O) groups excluding carboxylic acids is 2. The molecule has 178 valence electrons. The van der Waals surface area contributed by atoms with Gasteiger partial charge in [0.25, 0.3) is 5.91 Å². The van der Waals surface area contributed by atoms with Gasteiger partial charge < -0.3 is 20.7 Å². The van der Waals surface area contributed by atoms with Crippen LogP contribution in [0.5, 0.6) is 5.75 Å². The molecule has 9 nitrogen and oxygen atoms in total. The van der Waals surface area contributed by atoms with Gasteiger partial charge in [0, 0.05) is 24.2 Å². The summed E-state index contributed by atoms with van der Waals surface area (Å²) in [5.41, 5.74) is 1.42. The van der Waals surface area contributed by atoms with Crippen LogP contribution < -0.4 is 20.7 Å². The summed E-state index contributed by atoms with van der Waals surface area (Å²) in [5, 5.41) is 13.8. The van der Waals surface area contributed by atoms with E-state index in [1.807, 2.05) is 50.2 Å². The number of aromatic nitrogens is 3. The second kappa shape index (κ2) is 10.9. The summed E-state index contributed by atoms with van der Waals surface area (Å²) >= 11 is 0. The average molecular weight is 463 g/mol. The second-order valence-corrected chi connectivity index (χ2v) is 8.48. The molecule has 2 amide bonds. The summed E-state index contributed by atoms with van der Waals surface area (Å²) in [5.74, 6) is 1.64. The third-order valence-electron chi connectivity index (χ3n) is 5.53. The molecule has 2 bridgehead atoms. The molecule has 1 aromatic heterocycles. The minimum atomic E-state index is -0.321. The molecule has 3 N–H and O–H groups in total. The predicted octanol–water partition coefficient (Wildman–Crippen LogP) is 2.17. The number of carbonyl (C=O) groups is 2. The van der Waals surface area contributed by atoms with E-state index in [1.54, 1.807) is 22.9 Å². The topological polar surface area (TPSA) is 110 Å². The fourth-order valence-electron chi connectivity index (χ4n) is 3.76. The van der Waals surface area contributed by atoms with Gasteiger partial charge >= 0.3 is 0 Å². The van der Waals surface area contributed by atoms with Crippen LogP contribution in [0.25, 0.3) is 11.4 Å². The fourth-order valence-corrected chi connectivity index (χ4v) is 3.76. The quantitative estimate of drug-likeness (QED) is 0.539. The molecule has 4 rings (SSSR count). The third-order valence-corrected chi connectivity index (χ3v) is 5.53. The summed E-state index contributed by atoms with van der Waals surface area (Å²) in [4.78, 5) is 29.9. The van der Waals surface area contributed by atoms with Crippen molar-refractivity contribution in [3.05, 3.63) is 66.0 Å². The molecule has 0 radical (unpaired) electrons. The first-order chi connectivity index (χ1) is 16.5. The maximum Gasteiger partial charge on any atom is 0.251 e. The minimum absolute atomic E-state index is 0.0921. The SMILES string of the molecule is CC(C)[C@@H]1NC(=O)CNCCNC(=O)c2cccc(c2)OCCn2nc(-c3ccccc3)nc21. The zero-order chi connectivity index (χ0) is 23.9. The maximum absolute atomic E-state index is 12.7. The van der Waals surface area contributed by atoms with E-state index in [0.717, 1.165) is 5.56 Å². The van der Waals surface area contributed by atoms with Crippen LogP contribution >= 0.6 is 0 Å². The molecule has 0 aliphatic carbocycles. The van der Waals surface area contributed by atoms with Crippen molar-refractivity contribution in [2.75, 3.05) is 26.2 Å². The lowest BCUT2D eigenvalue weighted by molar-refractivity contribution is -0.121. The molecule has 1 atom stereocenters. The Morgan fingerprint density at radius 1 is 1.03 bits per heavy atom. The average Bonchev–Trinajstić information content (AvgIpc) is 3.26. The molecule has 1 aliphatic heterocycles. The highest BCUT2D eigenvalue weighted by Crippen LogP contribution is 2.24. The number of benzene rings is 2. The molecule has 0 saturated heterocycles. The van der Waals surface area contributed by atoms with Gasteiger partial charge in [-0.05, 0) is 24.1 Å². The van der Waals surface area contributed by atoms with Crippen molar-refractivity contribution in [3.63, 3.8) is 0 Å². The van der Waals surface area contributed by atoms with Gasteiger partial charge in [-0.2, -0.15) is 5.10 Å². The van der Waals surface area contributed by atoms with Crippen LogP contribution in [0.15, 0.2) is 54.6 Å². The lowest BCUT2D eigenvalue weighted by Gasteiger charge is -2.22. The van der Waals surface area contributed by atoms with Gasteiger partial charge in [-0.3, -0.25) is 9.59 Å². The monoisotopic (exact) mass is 462 g/mol. The van der Waals surface area contributed by atoms with Gasteiger partial charge in [0.15, 0.2) is 11.6 Å². The van der Waals surface area contributed by atoms with Crippen molar-refractivity contribution < 1.29 is 14.3 Å². The van der Waals surface area contributed by atoms with Crippen LogP contribution in [0.3, 0.4) is 0 Å². The zero-order valence-electron chi connectivity index (χ0n) is 19.5. The van der Waals surface area contributed by atoms with E-state index in [1.165, 1.54) is 0 Å². The van der Waals surface area contributed by atoms with Crippen molar-refractivity contribution in [1.29, 1.82) is 0 Å². The standard InChI is InChI=1S/C25H30N6O3/c1-17(2)22-24-29-23(18-7-4-3-5-8-18)30-31(24)13-14-34-20-10-6-9-19(15-20)25(33)27-12-11-26-16-21(32)28-22/h3-10,15,17,22,26H,11-14,16H2,1-2H3,(H,27,33)(H,28,32)/t22-/m0/s1. The number of amides is 2. The molecule has 0 spiro atoms. The Labute approximate surface area is 198 Å². The first kappa shape index (κ1) is 23.4. The lowest BCUT2D eigenvalue weighted by atomic mass is 10.0. The first-order valence-electron chi connectivity index (χ1n) is 11.5. The Morgan fingerprint density at radius 2 is 1.82 bits per heavy atom. The van der Waals surface area contributed by atoms with Crippen LogP contribution in [-0.4, -0.2) is 52.8 Å². The molecule has 9 heteroatoms. The van der Waals surface area contributed by atoms with Crippen LogP contribution in [-0.2, 0) is 11.3 Å².